The normalized spacial score (nSPS) is 17.6. The van der Waals surface area contributed by atoms with Gasteiger partial charge in [0.25, 0.3) is 0 Å². The van der Waals surface area contributed by atoms with Gasteiger partial charge in [0, 0.05) is 38.5 Å². The zero-order valence-electron chi connectivity index (χ0n) is 16.8. The van der Waals surface area contributed by atoms with Crippen molar-refractivity contribution in [3.63, 3.8) is 0 Å². The minimum Gasteiger partial charge on any atom is -0.352 e. The number of piperazine rings is 1. The van der Waals surface area contributed by atoms with Crippen LogP contribution < -0.4 is 4.90 Å². The van der Waals surface area contributed by atoms with Crippen LogP contribution in [0.2, 0.25) is 0 Å². The summed E-state index contributed by atoms with van der Waals surface area (Å²) in [6, 6.07) is 10.1. The third-order valence-corrected chi connectivity index (χ3v) is 6.12. The number of carbonyl (C=O) groups is 1. The van der Waals surface area contributed by atoms with Crippen LogP contribution in [-0.4, -0.2) is 56.7 Å². The molecule has 1 aliphatic carbocycles. The fourth-order valence-electron chi connectivity index (χ4n) is 4.15. The molecule has 0 spiro atoms. The molecule has 2 aliphatic rings. The van der Waals surface area contributed by atoms with Crippen molar-refractivity contribution >= 4 is 22.8 Å². The van der Waals surface area contributed by atoms with Crippen LogP contribution in [0.15, 0.2) is 36.5 Å². The number of anilines is 1. The predicted molar refractivity (Wildman–Crippen MR) is 112 cm³/mol. The number of rotatable bonds is 4. The molecule has 3 aromatic rings. The van der Waals surface area contributed by atoms with E-state index < -0.39 is 0 Å². The van der Waals surface area contributed by atoms with E-state index in [-0.39, 0.29) is 5.92 Å². The smallest absolute Gasteiger partial charge is 0.225 e. The molecule has 1 aliphatic heterocycles. The van der Waals surface area contributed by atoms with Crippen LogP contribution in [0.25, 0.3) is 16.7 Å². The van der Waals surface area contributed by atoms with E-state index in [9.17, 15) is 4.79 Å². The maximum atomic E-state index is 12.6. The van der Waals surface area contributed by atoms with Crippen molar-refractivity contribution in [3.8, 4) is 5.69 Å². The van der Waals surface area contributed by atoms with Crippen LogP contribution in [-0.2, 0) is 11.2 Å². The number of fused-ring (bicyclic) bond motifs is 1. The van der Waals surface area contributed by atoms with Crippen LogP contribution in [0.4, 0.5) is 5.82 Å². The standard InChI is InChI=1S/C22H26N6O/c1-2-19-24-20(26-11-13-27(14-12-26)22(29)16-7-6-8-16)18-15-23-28(21(18)25-19)17-9-4-3-5-10-17/h3-5,9-10,15-16H,2,6-8,11-14H2,1H3. The molecule has 2 fully saturated rings. The van der Waals surface area contributed by atoms with Crippen molar-refractivity contribution in [2.45, 2.75) is 32.6 Å². The van der Waals surface area contributed by atoms with Crippen molar-refractivity contribution < 1.29 is 4.79 Å². The summed E-state index contributed by atoms with van der Waals surface area (Å²) in [7, 11) is 0. The van der Waals surface area contributed by atoms with E-state index in [1.807, 2.05) is 46.1 Å². The lowest BCUT2D eigenvalue weighted by atomic mass is 9.84. The lowest BCUT2D eigenvalue weighted by molar-refractivity contribution is -0.138. The molecule has 0 radical (unpaired) electrons. The molecule has 0 bridgehead atoms. The SMILES string of the molecule is CCc1nc(N2CCN(C(=O)C3CCC3)CC2)c2cnn(-c3ccccc3)c2n1. The summed E-state index contributed by atoms with van der Waals surface area (Å²) >= 11 is 0. The molecule has 7 nitrogen and oxygen atoms in total. The molecule has 7 heteroatoms. The number of aromatic nitrogens is 4. The van der Waals surface area contributed by atoms with Gasteiger partial charge in [-0.05, 0) is 25.0 Å². The summed E-state index contributed by atoms with van der Waals surface area (Å²) in [5.74, 6) is 2.36. The summed E-state index contributed by atoms with van der Waals surface area (Å²) in [5.41, 5.74) is 1.83. The first-order chi connectivity index (χ1) is 14.2. The van der Waals surface area contributed by atoms with Crippen LogP contribution in [0.5, 0.6) is 0 Å². The highest BCUT2D eigenvalue weighted by Crippen LogP contribution is 2.30. The Balaban J connectivity index is 1.44. The maximum Gasteiger partial charge on any atom is 0.225 e. The van der Waals surface area contributed by atoms with Crippen molar-refractivity contribution in [2.24, 2.45) is 5.92 Å². The fraction of sp³-hybridized carbons (Fsp3) is 0.455. The highest BCUT2D eigenvalue weighted by Gasteiger charge is 2.32. The van der Waals surface area contributed by atoms with Gasteiger partial charge in [-0.1, -0.05) is 31.5 Å². The average Bonchev–Trinajstić information content (AvgIpc) is 3.16. The number of amides is 1. The van der Waals surface area contributed by atoms with Crippen molar-refractivity contribution in [1.29, 1.82) is 0 Å². The van der Waals surface area contributed by atoms with Crippen molar-refractivity contribution in [1.82, 2.24) is 24.6 Å². The maximum absolute atomic E-state index is 12.6. The second kappa shape index (κ2) is 7.46. The molecule has 1 saturated heterocycles. The number of hydrogen-bond acceptors (Lipinski definition) is 5. The van der Waals surface area contributed by atoms with E-state index >= 15 is 0 Å². The Hall–Kier alpha value is -2.96. The first-order valence-corrected chi connectivity index (χ1v) is 10.6. The Morgan fingerprint density at radius 3 is 2.48 bits per heavy atom. The molecule has 0 N–H and O–H groups in total. The summed E-state index contributed by atoms with van der Waals surface area (Å²) in [5, 5.41) is 5.57. The topological polar surface area (TPSA) is 67.2 Å². The number of nitrogens with zero attached hydrogens (tertiary/aromatic N) is 6. The Kier molecular flexibility index (Phi) is 4.66. The number of carbonyl (C=O) groups excluding carboxylic acids is 1. The molecule has 1 amide bonds. The average molecular weight is 390 g/mol. The zero-order valence-corrected chi connectivity index (χ0v) is 16.8. The van der Waals surface area contributed by atoms with E-state index in [2.05, 4.69) is 16.9 Å². The number of hydrogen-bond donors (Lipinski definition) is 0. The third-order valence-electron chi connectivity index (χ3n) is 6.12. The summed E-state index contributed by atoms with van der Waals surface area (Å²) in [6.07, 6.45) is 5.95. The Morgan fingerprint density at radius 1 is 1.07 bits per heavy atom. The summed E-state index contributed by atoms with van der Waals surface area (Å²) in [4.78, 5) is 26.5. The van der Waals surface area contributed by atoms with Gasteiger partial charge < -0.3 is 9.80 Å². The van der Waals surface area contributed by atoms with Gasteiger partial charge in [0.15, 0.2) is 5.65 Å². The fourth-order valence-corrected chi connectivity index (χ4v) is 4.15. The van der Waals surface area contributed by atoms with Crippen LogP contribution in [0, 0.1) is 5.92 Å². The molecule has 29 heavy (non-hydrogen) atoms. The molecule has 1 saturated carbocycles. The highest BCUT2D eigenvalue weighted by molar-refractivity contribution is 5.88. The minimum absolute atomic E-state index is 0.267. The van der Waals surface area contributed by atoms with Gasteiger partial charge in [0.1, 0.15) is 11.6 Å². The van der Waals surface area contributed by atoms with E-state index in [4.69, 9.17) is 9.97 Å². The lowest BCUT2D eigenvalue weighted by Gasteiger charge is -2.38. The van der Waals surface area contributed by atoms with Gasteiger partial charge in [0.2, 0.25) is 5.91 Å². The van der Waals surface area contributed by atoms with E-state index in [1.54, 1.807) is 0 Å². The first kappa shape index (κ1) is 18.1. The second-order valence-electron chi connectivity index (χ2n) is 7.89. The second-order valence-corrected chi connectivity index (χ2v) is 7.89. The Morgan fingerprint density at radius 2 is 1.83 bits per heavy atom. The molecular formula is C22H26N6O. The highest BCUT2D eigenvalue weighted by atomic mass is 16.2. The largest absolute Gasteiger partial charge is 0.352 e. The van der Waals surface area contributed by atoms with Gasteiger partial charge in [0.05, 0.1) is 17.3 Å². The third kappa shape index (κ3) is 3.24. The minimum atomic E-state index is 0.267. The first-order valence-electron chi connectivity index (χ1n) is 10.6. The van der Waals surface area contributed by atoms with E-state index in [0.717, 1.165) is 73.8 Å². The molecule has 3 heterocycles. The monoisotopic (exact) mass is 390 g/mol. The van der Waals surface area contributed by atoms with Gasteiger partial charge in [-0.15, -0.1) is 0 Å². The molecule has 5 rings (SSSR count). The number of para-hydroxylation sites is 1. The predicted octanol–water partition coefficient (Wildman–Crippen LogP) is 2.83. The van der Waals surface area contributed by atoms with Gasteiger partial charge >= 0.3 is 0 Å². The molecule has 0 unspecified atom stereocenters. The molecule has 2 aromatic heterocycles. The Bertz CT molecular complexity index is 1020. The van der Waals surface area contributed by atoms with Gasteiger partial charge in [-0.3, -0.25) is 4.79 Å². The molecule has 0 atom stereocenters. The molecule has 1 aromatic carbocycles. The summed E-state index contributed by atoms with van der Waals surface area (Å²) in [6.45, 7) is 5.18. The van der Waals surface area contributed by atoms with Crippen molar-refractivity contribution in [3.05, 3.63) is 42.4 Å². The van der Waals surface area contributed by atoms with Crippen LogP contribution >= 0.6 is 0 Å². The van der Waals surface area contributed by atoms with Crippen LogP contribution in [0.3, 0.4) is 0 Å². The van der Waals surface area contributed by atoms with Gasteiger partial charge in [-0.2, -0.15) is 5.10 Å². The molecular weight excluding hydrogens is 364 g/mol. The quantitative estimate of drug-likeness (QED) is 0.685. The summed E-state index contributed by atoms with van der Waals surface area (Å²) < 4.78 is 1.88. The van der Waals surface area contributed by atoms with E-state index in [1.165, 1.54) is 6.42 Å². The van der Waals surface area contributed by atoms with Gasteiger partial charge in [-0.25, -0.2) is 14.6 Å². The molecule has 150 valence electrons. The number of benzene rings is 1. The van der Waals surface area contributed by atoms with E-state index in [0.29, 0.717) is 5.91 Å². The zero-order chi connectivity index (χ0) is 19.8. The number of aryl methyl sites for hydroxylation is 1. The van der Waals surface area contributed by atoms with Crippen LogP contribution in [0.1, 0.15) is 32.0 Å². The lowest BCUT2D eigenvalue weighted by Crippen LogP contribution is -2.51. The Labute approximate surface area is 170 Å². The van der Waals surface area contributed by atoms with Crippen molar-refractivity contribution in [2.75, 3.05) is 31.1 Å².